The fraction of sp³-hybridized carbons (Fsp3) is 0.250. The van der Waals surface area contributed by atoms with E-state index in [1.165, 1.54) is 4.68 Å². The Labute approximate surface area is 234 Å². The second kappa shape index (κ2) is 11.7. The summed E-state index contributed by atoms with van der Waals surface area (Å²) in [6, 6.07) is 16.6. The van der Waals surface area contributed by atoms with Crippen molar-refractivity contribution >= 4 is 61.9 Å². The lowest BCUT2D eigenvalue weighted by molar-refractivity contribution is 0.306. The predicted octanol–water partition coefficient (Wildman–Crippen LogP) is 7.51. The largest absolute Gasteiger partial charge is 0.488 e. The van der Waals surface area contributed by atoms with Crippen molar-refractivity contribution in [2.45, 2.75) is 32.8 Å². The van der Waals surface area contributed by atoms with Gasteiger partial charge >= 0.3 is 0 Å². The number of aromatic nitrogens is 2. The van der Waals surface area contributed by atoms with Gasteiger partial charge in [0.05, 0.1) is 17.1 Å². The van der Waals surface area contributed by atoms with E-state index in [1.807, 2.05) is 62.3 Å². The van der Waals surface area contributed by atoms with E-state index in [-0.39, 0.29) is 18.1 Å². The van der Waals surface area contributed by atoms with Crippen molar-refractivity contribution in [3.63, 3.8) is 0 Å². The SMILES string of the molecule is CC[C@H](C)c1nc2ccc(Br)cc2c(=O)n1N=Cc1ccc(N(C)C)cc1OCc1ccc(Cl)cc1Cl. The molecule has 0 saturated carbocycles. The molecule has 0 N–H and O–H groups in total. The maximum Gasteiger partial charge on any atom is 0.282 e. The fourth-order valence-corrected chi connectivity index (χ4v) is 4.55. The van der Waals surface area contributed by atoms with Crippen LogP contribution in [0.15, 0.2) is 69.0 Å². The lowest BCUT2D eigenvalue weighted by Crippen LogP contribution is -2.23. The van der Waals surface area contributed by atoms with Gasteiger partial charge in [0.25, 0.3) is 5.56 Å². The molecule has 3 aromatic carbocycles. The van der Waals surface area contributed by atoms with Crippen LogP contribution in [0.25, 0.3) is 10.9 Å². The Morgan fingerprint density at radius 1 is 1.14 bits per heavy atom. The average molecular weight is 602 g/mol. The molecule has 0 amide bonds. The van der Waals surface area contributed by atoms with Gasteiger partial charge in [0.2, 0.25) is 0 Å². The molecular formula is C28H27BrCl2N4O2. The number of benzene rings is 3. The summed E-state index contributed by atoms with van der Waals surface area (Å²) in [6.07, 6.45) is 2.45. The van der Waals surface area contributed by atoms with Crippen LogP contribution in [-0.4, -0.2) is 30.0 Å². The second-order valence-corrected chi connectivity index (χ2v) is 10.7. The molecule has 0 aliphatic rings. The minimum Gasteiger partial charge on any atom is -0.488 e. The normalized spacial score (nSPS) is 12.3. The van der Waals surface area contributed by atoms with E-state index in [0.29, 0.717) is 38.1 Å². The number of ether oxygens (including phenoxy) is 1. The Hall–Kier alpha value is -2.87. The van der Waals surface area contributed by atoms with Crippen LogP contribution >= 0.6 is 39.1 Å². The van der Waals surface area contributed by atoms with Gasteiger partial charge in [-0.1, -0.05) is 59.0 Å². The molecule has 192 valence electrons. The van der Waals surface area contributed by atoms with Crippen LogP contribution in [0.4, 0.5) is 5.69 Å². The first kappa shape index (κ1) is 27.2. The van der Waals surface area contributed by atoms with Crippen LogP contribution in [0, 0.1) is 0 Å². The minimum absolute atomic E-state index is 0.0387. The number of halogens is 3. The molecule has 4 aromatic rings. The Morgan fingerprint density at radius 2 is 1.92 bits per heavy atom. The molecule has 1 heterocycles. The van der Waals surface area contributed by atoms with Crippen molar-refractivity contribution in [1.82, 2.24) is 9.66 Å². The highest BCUT2D eigenvalue weighted by molar-refractivity contribution is 9.10. The Kier molecular flexibility index (Phi) is 8.57. The summed E-state index contributed by atoms with van der Waals surface area (Å²) in [4.78, 5) is 20.2. The highest BCUT2D eigenvalue weighted by Gasteiger charge is 2.16. The van der Waals surface area contributed by atoms with Gasteiger partial charge in [0.15, 0.2) is 0 Å². The first-order valence-corrected chi connectivity index (χ1v) is 13.4. The summed E-state index contributed by atoms with van der Waals surface area (Å²) in [6.45, 7) is 4.34. The lowest BCUT2D eigenvalue weighted by atomic mass is 10.1. The highest BCUT2D eigenvalue weighted by Crippen LogP contribution is 2.28. The molecule has 0 bridgehead atoms. The Bertz CT molecular complexity index is 1540. The summed E-state index contributed by atoms with van der Waals surface area (Å²) in [5.74, 6) is 1.26. The summed E-state index contributed by atoms with van der Waals surface area (Å²) in [5.41, 5.74) is 2.91. The van der Waals surface area contributed by atoms with Crippen molar-refractivity contribution in [3.8, 4) is 5.75 Å². The zero-order valence-corrected chi connectivity index (χ0v) is 24.1. The maximum atomic E-state index is 13.5. The molecule has 4 rings (SSSR count). The van der Waals surface area contributed by atoms with Crippen molar-refractivity contribution in [2.75, 3.05) is 19.0 Å². The van der Waals surface area contributed by atoms with Crippen molar-refractivity contribution in [1.29, 1.82) is 0 Å². The van der Waals surface area contributed by atoms with E-state index in [1.54, 1.807) is 24.4 Å². The van der Waals surface area contributed by atoms with Crippen LogP contribution in [-0.2, 0) is 6.61 Å². The summed E-state index contributed by atoms with van der Waals surface area (Å²) < 4.78 is 8.38. The van der Waals surface area contributed by atoms with Gasteiger partial charge < -0.3 is 9.64 Å². The van der Waals surface area contributed by atoms with Gasteiger partial charge in [-0.05, 0) is 48.9 Å². The van der Waals surface area contributed by atoms with Gasteiger partial charge in [0, 0.05) is 57.4 Å². The molecule has 1 atom stereocenters. The van der Waals surface area contributed by atoms with Gasteiger partial charge in [0.1, 0.15) is 18.2 Å². The summed E-state index contributed by atoms with van der Waals surface area (Å²) >= 11 is 15.8. The molecular weight excluding hydrogens is 575 g/mol. The third kappa shape index (κ3) is 6.17. The van der Waals surface area contributed by atoms with Crippen LogP contribution < -0.4 is 15.2 Å². The zero-order chi connectivity index (χ0) is 26.7. The lowest BCUT2D eigenvalue weighted by Gasteiger charge is -2.17. The average Bonchev–Trinajstić information content (AvgIpc) is 2.87. The summed E-state index contributed by atoms with van der Waals surface area (Å²) in [7, 11) is 3.92. The number of anilines is 1. The molecule has 0 spiro atoms. The van der Waals surface area contributed by atoms with E-state index in [0.717, 1.165) is 22.1 Å². The van der Waals surface area contributed by atoms with E-state index in [4.69, 9.17) is 32.9 Å². The van der Waals surface area contributed by atoms with Gasteiger partial charge in [-0.25, -0.2) is 4.98 Å². The molecule has 0 aliphatic heterocycles. The van der Waals surface area contributed by atoms with E-state index in [2.05, 4.69) is 28.0 Å². The smallest absolute Gasteiger partial charge is 0.282 e. The van der Waals surface area contributed by atoms with Crippen molar-refractivity contribution in [3.05, 3.63) is 96.4 Å². The van der Waals surface area contributed by atoms with Crippen molar-refractivity contribution < 1.29 is 4.74 Å². The number of fused-ring (bicyclic) bond motifs is 1. The molecule has 0 unspecified atom stereocenters. The summed E-state index contributed by atoms with van der Waals surface area (Å²) in [5, 5.41) is 6.20. The molecule has 0 radical (unpaired) electrons. The first-order chi connectivity index (χ1) is 17.7. The van der Waals surface area contributed by atoms with Crippen LogP contribution in [0.3, 0.4) is 0 Å². The topological polar surface area (TPSA) is 59.7 Å². The molecule has 6 nitrogen and oxygen atoms in total. The quantitative estimate of drug-likeness (QED) is 0.196. The predicted molar refractivity (Wildman–Crippen MR) is 157 cm³/mol. The van der Waals surface area contributed by atoms with Gasteiger partial charge in [-0.3, -0.25) is 4.79 Å². The van der Waals surface area contributed by atoms with E-state index in [9.17, 15) is 4.79 Å². The van der Waals surface area contributed by atoms with Gasteiger partial charge in [-0.2, -0.15) is 9.78 Å². The van der Waals surface area contributed by atoms with E-state index < -0.39 is 0 Å². The van der Waals surface area contributed by atoms with Gasteiger partial charge in [-0.15, -0.1) is 0 Å². The molecule has 37 heavy (non-hydrogen) atoms. The third-order valence-corrected chi connectivity index (χ3v) is 7.19. The Morgan fingerprint density at radius 3 is 2.62 bits per heavy atom. The Balaban J connectivity index is 1.77. The standard InChI is InChI=1S/C28H27BrCl2N4O2/c1-5-17(2)27-33-25-11-8-20(29)12-23(25)28(36)35(27)32-15-18-7-10-22(34(3)4)14-26(18)37-16-19-6-9-21(30)13-24(19)31/h6-15,17H,5,16H2,1-4H3/t17-/m0/s1. The number of rotatable bonds is 8. The molecule has 1 aromatic heterocycles. The first-order valence-electron chi connectivity index (χ1n) is 11.8. The molecule has 9 heteroatoms. The molecule has 0 saturated heterocycles. The second-order valence-electron chi connectivity index (χ2n) is 8.94. The fourth-order valence-electron chi connectivity index (χ4n) is 3.73. The van der Waals surface area contributed by atoms with Crippen molar-refractivity contribution in [2.24, 2.45) is 5.10 Å². The minimum atomic E-state index is -0.224. The van der Waals surface area contributed by atoms with E-state index >= 15 is 0 Å². The van der Waals surface area contributed by atoms with Crippen LogP contribution in [0.5, 0.6) is 5.75 Å². The van der Waals surface area contributed by atoms with Crippen LogP contribution in [0.2, 0.25) is 10.0 Å². The number of hydrogen-bond donors (Lipinski definition) is 0. The van der Waals surface area contributed by atoms with Crippen LogP contribution in [0.1, 0.15) is 43.1 Å². The number of nitrogens with zero attached hydrogens (tertiary/aromatic N) is 4. The number of hydrogen-bond acceptors (Lipinski definition) is 5. The monoisotopic (exact) mass is 600 g/mol. The molecule has 0 fully saturated rings. The molecule has 0 aliphatic carbocycles. The third-order valence-electron chi connectivity index (χ3n) is 6.11. The zero-order valence-electron chi connectivity index (χ0n) is 21.0. The maximum absolute atomic E-state index is 13.5. The highest BCUT2D eigenvalue weighted by atomic mass is 79.9.